The lowest BCUT2D eigenvalue weighted by Crippen LogP contribution is -2.36. The Bertz CT molecular complexity index is 1190. The number of morpholine rings is 1. The van der Waals surface area contributed by atoms with Crippen molar-refractivity contribution in [3.63, 3.8) is 0 Å². The summed E-state index contributed by atoms with van der Waals surface area (Å²) in [6.45, 7) is 6.02. The number of aryl methyl sites for hydroxylation is 1. The van der Waals surface area contributed by atoms with Gasteiger partial charge < -0.3 is 29.6 Å². The Hall–Kier alpha value is -3.55. The lowest BCUT2D eigenvalue weighted by molar-refractivity contribution is 0.0207. The Morgan fingerprint density at radius 3 is 2.56 bits per heavy atom. The summed E-state index contributed by atoms with van der Waals surface area (Å²) in [5, 5.41) is 9.48. The first kappa shape index (κ1) is 25.5. The molecule has 2 heterocycles. The molecule has 1 aliphatic rings. The molecule has 0 amide bonds. The van der Waals surface area contributed by atoms with Crippen LogP contribution in [0.2, 0.25) is 0 Å². The molecule has 1 aliphatic heterocycles. The summed E-state index contributed by atoms with van der Waals surface area (Å²) in [6.07, 6.45) is -0.214. The van der Waals surface area contributed by atoms with E-state index in [1.807, 2.05) is 43.3 Å². The Morgan fingerprint density at radius 1 is 1.08 bits per heavy atom. The van der Waals surface area contributed by atoms with E-state index >= 15 is 0 Å². The molecule has 1 aromatic heterocycles. The number of hydrogen-bond donors (Lipinski definition) is 1. The molecule has 1 saturated heterocycles. The maximum Gasteiger partial charge on any atom is 0.224 e. The van der Waals surface area contributed by atoms with Gasteiger partial charge in [-0.3, -0.25) is 0 Å². The molecule has 4 rings (SSSR count). The molecule has 1 fully saturated rings. The summed E-state index contributed by atoms with van der Waals surface area (Å²) in [6, 6.07) is 17.4. The second-order valence-corrected chi connectivity index (χ2v) is 8.35. The quantitative estimate of drug-likeness (QED) is 0.426. The van der Waals surface area contributed by atoms with E-state index in [2.05, 4.69) is 20.9 Å². The number of anilines is 1. The van der Waals surface area contributed by atoms with E-state index in [9.17, 15) is 5.26 Å². The molecule has 0 saturated carbocycles. The molecule has 9 heteroatoms. The number of nitrogens with two attached hydrogens (primary N) is 1. The van der Waals surface area contributed by atoms with Gasteiger partial charge in [0.2, 0.25) is 5.88 Å². The van der Waals surface area contributed by atoms with Crippen molar-refractivity contribution in [3.8, 4) is 28.8 Å². The maximum atomic E-state index is 9.48. The fourth-order valence-corrected chi connectivity index (χ4v) is 4.01. The minimum absolute atomic E-state index is 0.214. The number of ether oxygens (including phenoxy) is 4. The standard InChI is InChI=1S/C27H31N5O4/c1-19-30-26(32-9-11-34-12-10-32)16-27(31-19)36-24-15-20(17-28)3-8-23(24)21-4-6-22(7-5-21)25(18-29)35-14-13-33-2/h3-8,15-16,25H,9-14,18,29H2,1-2H3. The summed E-state index contributed by atoms with van der Waals surface area (Å²) in [5.74, 6) is 2.37. The highest BCUT2D eigenvalue weighted by Gasteiger charge is 2.17. The van der Waals surface area contributed by atoms with E-state index in [1.54, 1.807) is 19.2 Å². The van der Waals surface area contributed by atoms with Crippen LogP contribution in [0.1, 0.15) is 23.1 Å². The van der Waals surface area contributed by atoms with Crippen molar-refractivity contribution in [2.24, 2.45) is 5.73 Å². The number of methoxy groups -OCH3 is 1. The summed E-state index contributed by atoms with van der Waals surface area (Å²) in [5.41, 5.74) is 9.18. The first-order valence-electron chi connectivity index (χ1n) is 11.9. The fourth-order valence-electron chi connectivity index (χ4n) is 4.01. The molecule has 1 atom stereocenters. The first-order chi connectivity index (χ1) is 17.6. The lowest BCUT2D eigenvalue weighted by Gasteiger charge is -2.28. The van der Waals surface area contributed by atoms with Crippen molar-refractivity contribution < 1.29 is 18.9 Å². The third kappa shape index (κ3) is 6.36. The number of nitriles is 1. The third-order valence-corrected chi connectivity index (χ3v) is 5.88. The van der Waals surface area contributed by atoms with Crippen LogP contribution in [0, 0.1) is 18.3 Å². The average molecular weight is 490 g/mol. The Morgan fingerprint density at radius 2 is 1.86 bits per heavy atom. The van der Waals surface area contributed by atoms with Crippen LogP contribution in [-0.4, -0.2) is 63.1 Å². The van der Waals surface area contributed by atoms with Crippen LogP contribution in [0.3, 0.4) is 0 Å². The van der Waals surface area contributed by atoms with Gasteiger partial charge in [0.05, 0.1) is 44.2 Å². The minimum Gasteiger partial charge on any atom is -0.438 e. The van der Waals surface area contributed by atoms with E-state index in [0.29, 0.717) is 56.0 Å². The van der Waals surface area contributed by atoms with Gasteiger partial charge in [0, 0.05) is 38.4 Å². The molecular weight excluding hydrogens is 458 g/mol. The second-order valence-electron chi connectivity index (χ2n) is 8.35. The van der Waals surface area contributed by atoms with Crippen molar-refractivity contribution in [2.45, 2.75) is 13.0 Å². The van der Waals surface area contributed by atoms with Crippen LogP contribution < -0.4 is 15.4 Å². The van der Waals surface area contributed by atoms with Gasteiger partial charge >= 0.3 is 0 Å². The van der Waals surface area contributed by atoms with Crippen molar-refractivity contribution in [1.82, 2.24) is 9.97 Å². The number of benzene rings is 2. The average Bonchev–Trinajstić information content (AvgIpc) is 2.91. The molecule has 0 radical (unpaired) electrons. The molecule has 0 spiro atoms. The highest BCUT2D eigenvalue weighted by Crippen LogP contribution is 2.35. The van der Waals surface area contributed by atoms with Gasteiger partial charge in [0.25, 0.3) is 0 Å². The van der Waals surface area contributed by atoms with Crippen LogP contribution in [0.15, 0.2) is 48.5 Å². The predicted molar refractivity (Wildman–Crippen MR) is 136 cm³/mol. The van der Waals surface area contributed by atoms with E-state index in [1.165, 1.54) is 0 Å². The van der Waals surface area contributed by atoms with Crippen molar-refractivity contribution in [3.05, 3.63) is 65.5 Å². The largest absolute Gasteiger partial charge is 0.438 e. The van der Waals surface area contributed by atoms with Gasteiger partial charge in [0.15, 0.2) is 0 Å². The van der Waals surface area contributed by atoms with E-state index in [-0.39, 0.29) is 6.10 Å². The Balaban J connectivity index is 1.61. The topological polar surface area (TPSA) is 116 Å². The molecule has 1 unspecified atom stereocenters. The van der Waals surface area contributed by atoms with Gasteiger partial charge in [-0.05, 0) is 36.2 Å². The van der Waals surface area contributed by atoms with E-state index in [4.69, 9.17) is 24.7 Å². The zero-order chi connectivity index (χ0) is 25.3. The van der Waals surface area contributed by atoms with Crippen molar-refractivity contribution >= 4 is 5.82 Å². The second kappa shape index (κ2) is 12.4. The molecular formula is C27H31N5O4. The van der Waals surface area contributed by atoms with Crippen LogP contribution in [0.25, 0.3) is 11.1 Å². The molecule has 0 aliphatic carbocycles. The van der Waals surface area contributed by atoms with Crippen molar-refractivity contribution in [1.29, 1.82) is 5.26 Å². The Kier molecular flexibility index (Phi) is 8.81. The summed E-state index contributed by atoms with van der Waals surface area (Å²) in [7, 11) is 1.64. The predicted octanol–water partition coefficient (Wildman–Crippen LogP) is 3.62. The summed E-state index contributed by atoms with van der Waals surface area (Å²) in [4.78, 5) is 11.2. The first-order valence-corrected chi connectivity index (χ1v) is 11.9. The Labute approximate surface area is 211 Å². The molecule has 36 heavy (non-hydrogen) atoms. The van der Waals surface area contributed by atoms with Gasteiger partial charge in [-0.1, -0.05) is 24.3 Å². The number of rotatable bonds is 10. The molecule has 188 valence electrons. The van der Waals surface area contributed by atoms with Crippen LogP contribution in [-0.2, 0) is 14.2 Å². The van der Waals surface area contributed by atoms with Crippen LogP contribution in [0.4, 0.5) is 5.82 Å². The number of nitrogens with zero attached hydrogens (tertiary/aromatic N) is 4. The molecule has 2 N–H and O–H groups in total. The van der Waals surface area contributed by atoms with Gasteiger partial charge in [0.1, 0.15) is 17.4 Å². The summed E-state index contributed by atoms with van der Waals surface area (Å²) >= 11 is 0. The SMILES string of the molecule is COCCOC(CN)c1ccc(-c2ccc(C#N)cc2Oc2cc(N3CCOCC3)nc(C)n2)cc1. The maximum absolute atomic E-state index is 9.48. The molecule has 9 nitrogen and oxygen atoms in total. The smallest absolute Gasteiger partial charge is 0.224 e. The third-order valence-electron chi connectivity index (χ3n) is 5.88. The fraction of sp³-hybridized carbons (Fsp3) is 0.370. The molecule has 0 bridgehead atoms. The van der Waals surface area contributed by atoms with Crippen molar-refractivity contribution in [2.75, 3.05) is 58.1 Å². The number of hydrogen-bond acceptors (Lipinski definition) is 9. The number of aromatic nitrogens is 2. The highest BCUT2D eigenvalue weighted by molar-refractivity contribution is 5.72. The van der Waals surface area contributed by atoms with Gasteiger partial charge in [-0.15, -0.1) is 0 Å². The monoisotopic (exact) mass is 489 g/mol. The summed E-state index contributed by atoms with van der Waals surface area (Å²) < 4.78 is 22.6. The molecule has 3 aromatic rings. The normalized spacial score (nSPS) is 14.3. The zero-order valence-corrected chi connectivity index (χ0v) is 20.6. The van der Waals surface area contributed by atoms with Gasteiger partial charge in [-0.2, -0.15) is 10.2 Å². The van der Waals surface area contributed by atoms with Crippen LogP contribution >= 0.6 is 0 Å². The molecule has 2 aromatic carbocycles. The van der Waals surface area contributed by atoms with Gasteiger partial charge in [-0.25, -0.2) is 4.98 Å². The van der Waals surface area contributed by atoms with Crippen LogP contribution in [0.5, 0.6) is 11.6 Å². The zero-order valence-electron chi connectivity index (χ0n) is 20.6. The minimum atomic E-state index is -0.214. The van der Waals surface area contributed by atoms with E-state index in [0.717, 1.165) is 35.6 Å². The highest BCUT2D eigenvalue weighted by atomic mass is 16.5. The lowest BCUT2D eigenvalue weighted by atomic mass is 10.00. The van der Waals surface area contributed by atoms with E-state index < -0.39 is 0 Å².